The first-order chi connectivity index (χ1) is 9.67. The van der Waals surface area contributed by atoms with Crippen LogP contribution in [0.3, 0.4) is 0 Å². The van der Waals surface area contributed by atoms with Gasteiger partial charge in [-0.2, -0.15) is 0 Å². The van der Waals surface area contributed by atoms with Gasteiger partial charge < -0.3 is 5.11 Å². The van der Waals surface area contributed by atoms with Crippen LogP contribution in [0.25, 0.3) is 10.8 Å². The Bertz CT molecular complexity index is 574. The number of hydrogen-bond acceptors (Lipinski definition) is 1. The molecule has 0 aromatic heterocycles. The standard InChI is InChI=1S/C19H24O/c1-19(20,17-11-3-2-4-12-17)14-16-10-7-9-15-8-5-6-13-18(15)16/h5-10,13,17,20H,2-4,11-12,14H2,1H3. The van der Waals surface area contributed by atoms with E-state index in [0.717, 1.165) is 6.42 Å². The first-order valence-electron chi connectivity index (χ1n) is 7.86. The molecule has 0 saturated heterocycles. The lowest BCUT2D eigenvalue weighted by Gasteiger charge is -2.36. The van der Waals surface area contributed by atoms with Crippen LogP contribution in [0.2, 0.25) is 0 Å². The van der Waals surface area contributed by atoms with Crippen LogP contribution in [-0.4, -0.2) is 10.7 Å². The second-order valence-corrected chi connectivity index (χ2v) is 6.51. The van der Waals surface area contributed by atoms with E-state index in [1.165, 1.54) is 48.4 Å². The molecule has 1 aliphatic rings. The van der Waals surface area contributed by atoms with E-state index < -0.39 is 5.60 Å². The highest BCUT2D eigenvalue weighted by atomic mass is 16.3. The van der Waals surface area contributed by atoms with Crippen molar-refractivity contribution in [1.82, 2.24) is 0 Å². The molecule has 0 bridgehead atoms. The molecule has 2 aromatic rings. The first-order valence-corrected chi connectivity index (χ1v) is 7.86. The summed E-state index contributed by atoms with van der Waals surface area (Å²) in [4.78, 5) is 0. The predicted molar refractivity (Wildman–Crippen MR) is 84.9 cm³/mol. The number of benzene rings is 2. The molecule has 0 amide bonds. The Morgan fingerprint density at radius 2 is 1.70 bits per heavy atom. The molecule has 1 unspecified atom stereocenters. The first kappa shape index (κ1) is 13.6. The molecule has 20 heavy (non-hydrogen) atoms. The zero-order valence-electron chi connectivity index (χ0n) is 12.3. The molecule has 1 atom stereocenters. The number of aliphatic hydroxyl groups is 1. The van der Waals surface area contributed by atoms with E-state index in [1.54, 1.807) is 0 Å². The van der Waals surface area contributed by atoms with E-state index in [4.69, 9.17) is 0 Å². The van der Waals surface area contributed by atoms with E-state index in [0.29, 0.717) is 5.92 Å². The zero-order chi connectivity index (χ0) is 14.0. The van der Waals surface area contributed by atoms with Gasteiger partial charge in [0, 0.05) is 6.42 Å². The lowest BCUT2D eigenvalue weighted by molar-refractivity contribution is -0.0157. The van der Waals surface area contributed by atoms with Gasteiger partial charge in [-0.05, 0) is 42.0 Å². The number of fused-ring (bicyclic) bond motifs is 1. The van der Waals surface area contributed by atoms with Crippen molar-refractivity contribution in [3.8, 4) is 0 Å². The molecule has 106 valence electrons. The molecular weight excluding hydrogens is 244 g/mol. The van der Waals surface area contributed by atoms with Crippen molar-refractivity contribution in [2.45, 2.75) is 51.0 Å². The minimum atomic E-state index is -0.579. The number of hydrogen-bond donors (Lipinski definition) is 1. The molecule has 0 radical (unpaired) electrons. The smallest absolute Gasteiger partial charge is 0.0688 e. The van der Waals surface area contributed by atoms with Crippen molar-refractivity contribution in [3.05, 3.63) is 48.0 Å². The van der Waals surface area contributed by atoms with Crippen LogP contribution in [0, 0.1) is 5.92 Å². The van der Waals surface area contributed by atoms with Crippen LogP contribution < -0.4 is 0 Å². The summed E-state index contributed by atoms with van der Waals surface area (Å²) in [6.45, 7) is 2.03. The van der Waals surface area contributed by atoms with Gasteiger partial charge in [0.15, 0.2) is 0 Å². The molecular formula is C19H24O. The van der Waals surface area contributed by atoms with E-state index >= 15 is 0 Å². The molecule has 1 aliphatic carbocycles. The molecule has 0 spiro atoms. The molecule has 1 nitrogen and oxygen atoms in total. The van der Waals surface area contributed by atoms with Crippen LogP contribution >= 0.6 is 0 Å². The van der Waals surface area contributed by atoms with Gasteiger partial charge in [-0.1, -0.05) is 61.7 Å². The highest BCUT2D eigenvalue weighted by Crippen LogP contribution is 2.35. The van der Waals surface area contributed by atoms with Gasteiger partial charge in [-0.25, -0.2) is 0 Å². The molecule has 1 fully saturated rings. The average molecular weight is 268 g/mol. The Labute approximate surface area is 121 Å². The monoisotopic (exact) mass is 268 g/mol. The third-order valence-electron chi connectivity index (χ3n) is 4.91. The summed E-state index contributed by atoms with van der Waals surface area (Å²) in [6.07, 6.45) is 7.00. The highest BCUT2D eigenvalue weighted by molar-refractivity contribution is 5.85. The van der Waals surface area contributed by atoms with Crippen molar-refractivity contribution in [3.63, 3.8) is 0 Å². The maximum Gasteiger partial charge on any atom is 0.0688 e. The Hall–Kier alpha value is -1.34. The second-order valence-electron chi connectivity index (χ2n) is 6.51. The van der Waals surface area contributed by atoms with Gasteiger partial charge >= 0.3 is 0 Å². The van der Waals surface area contributed by atoms with Gasteiger partial charge in [-0.3, -0.25) is 0 Å². The van der Waals surface area contributed by atoms with Crippen molar-refractivity contribution in [2.75, 3.05) is 0 Å². The Balaban J connectivity index is 1.88. The van der Waals surface area contributed by atoms with E-state index in [-0.39, 0.29) is 0 Å². The minimum Gasteiger partial charge on any atom is -0.390 e. The average Bonchev–Trinajstić information content (AvgIpc) is 2.48. The fourth-order valence-corrected chi connectivity index (χ4v) is 3.70. The van der Waals surface area contributed by atoms with Gasteiger partial charge in [0.25, 0.3) is 0 Å². The van der Waals surface area contributed by atoms with Crippen molar-refractivity contribution in [2.24, 2.45) is 5.92 Å². The fourth-order valence-electron chi connectivity index (χ4n) is 3.70. The second kappa shape index (κ2) is 5.57. The molecule has 1 saturated carbocycles. The molecule has 2 aromatic carbocycles. The molecule has 1 N–H and O–H groups in total. The lowest BCUT2D eigenvalue weighted by atomic mass is 9.75. The third-order valence-corrected chi connectivity index (χ3v) is 4.91. The largest absolute Gasteiger partial charge is 0.390 e. The topological polar surface area (TPSA) is 20.2 Å². The lowest BCUT2D eigenvalue weighted by Crippen LogP contribution is -2.38. The van der Waals surface area contributed by atoms with E-state index in [9.17, 15) is 5.11 Å². The van der Waals surface area contributed by atoms with Gasteiger partial charge in [-0.15, -0.1) is 0 Å². The SMILES string of the molecule is CC(O)(Cc1cccc2ccccc12)C1CCCCC1. The van der Waals surface area contributed by atoms with Crippen molar-refractivity contribution in [1.29, 1.82) is 0 Å². The van der Waals surface area contributed by atoms with Gasteiger partial charge in [0.05, 0.1) is 5.60 Å². The summed E-state index contributed by atoms with van der Waals surface area (Å²) in [7, 11) is 0. The Morgan fingerprint density at radius 3 is 2.50 bits per heavy atom. The zero-order valence-corrected chi connectivity index (χ0v) is 12.3. The van der Waals surface area contributed by atoms with Gasteiger partial charge in [0.1, 0.15) is 0 Å². The quantitative estimate of drug-likeness (QED) is 0.854. The maximum atomic E-state index is 11.0. The van der Waals surface area contributed by atoms with Crippen molar-refractivity contribution >= 4 is 10.8 Å². The molecule has 0 heterocycles. The molecule has 0 aliphatic heterocycles. The van der Waals surface area contributed by atoms with Gasteiger partial charge in [0.2, 0.25) is 0 Å². The Kier molecular flexibility index (Phi) is 3.80. The van der Waals surface area contributed by atoms with E-state index in [2.05, 4.69) is 42.5 Å². The third kappa shape index (κ3) is 2.73. The summed E-state index contributed by atoms with van der Waals surface area (Å²) in [5.41, 5.74) is 0.698. The van der Waals surface area contributed by atoms with Crippen LogP contribution in [0.15, 0.2) is 42.5 Å². The Morgan fingerprint density at radius 1 is 1.00 bits per heavy atom. The molecule has 1 heteroatoms. The normalized spacial score (nSPS) is 19.9. The van der Waals surface area contributed by atoms with E-state index in [1.807, 2.05) is 6.92 Å². The van der Waals surface area contributed by atoms with Crippen LogP contribution in [0.4, 0.5) is 0 Å². The van der Waals surface area contributed by atoms with Crippen molar-refractivity contribution < 1.29 is 5.11 Å². The summed E-state index contributed by atoms with van der Waals surface area (Å²) < 4.78 is 0. The van der Waals surface area contributed by atoms with Crippen LogP contribution in [-0.2, 0) is 6.42 Å². The fraction of sp³-hybridized carbons (Fsp3) is 0.474. The summed E-state index contributed by atoms with van der Waals surface area (Å²) in [5.74, 6) is 0.454. The van der Waals surface area contributed by atoms with Crippen LogP contribution in [0.1, 0.15) is 44.6 Å². The predicted octanol–water partition coefficient (Wildman–Crippen LogP) is 4.71. The minimum absolute atomic E-state index is 0.454. The summed E-state index contributed by atoms with van der Waals surface area (Å²) >= 11 is 0. The molecule has 3 rings (SSSR count). The number of rotatable bonds is 3. The highest BCUT2D eigenvalue weighted by Gasteiger charge is 2.33. The summed E-state index contributed by atoms with van der Waals surface area (Å²) in [5, 5.41) is 13.5. The summed E-state index contributed by atoms with van der Waals surface area (Å²) in [6, 6.07) is 14.9. The van der Waals surface area contributed by atoms with Crippen LogP contribution in [0.5, 0.6) is 0 Å². The maximum absolute atomic E-state index is 11.0.